The Hall–Kier alpha value is -3.38. The molecule has 3 atom stereocenters. The van der Waals surface area contributed by atoms with E-state index in [1.54, 1.807) is 12.3 Å². The molecule has 11 nitrogen and oxygen atoms in total. The van der Waals surface area contributed by atoms with Gasteiger partial charge >= 0.3 is 0 Å². The fourth-order valence-electron chi connectivity index (χ4n) is 5.89. The molecule has 13 heteroatoms. The van der Waals surface area contributed by atoms with Gasteiger partial charge in [0.15, 0.2) is 5.82 Å². The Morgan fingerprint density at radius 3 is 2.57 bits per heavy atom. The predicted molar refractivity (Wildman–Crippen MR) is 161 cm³/mol. The van der Waals surface area contributed by atoms with E-state index in [0.717, 1.165) is 50.3 Å². The first-order chi connectivity index (χ1) is 20.3. The van der Waals surface area contributed by atoms with Crippen LogP contribution in [0.4, 0.5) is 11.6 Å². The maximum atomic E-state index is 11.9. The van der Waals surface area contributed by atoms with Crippen LogP contribution in [0.25, 0.3) is 22.3 Å². The van der Waals surface area contributed by atoms with E-state index in [9.17, 15) is 4.79 Å². The quantitative estimate of drug-likeness (QED) is 0.359. The van der Waals surface area contributed by atoms with Gasteiger partial charge < -0.3 is 34.5 Å². The summed E-state index contributed by atoms with van der Waals surface area (Å²) in [5.74, 6) is 2.25. The molecule has 3 aliphatic heterocycles. The topological polar surface area (TPSA) is 120 Å². The molecular weight excluding hydrogens is 583 g/mol. The molecule has 0 bridgehead atoms. The van der Waals surface area contributed by atoms with E-state index in [1.807, 2.05) is 6.07 Å². The monoisotopic (exact) mass is 614 g/mol. The van der Waals surface area contributed by atoms with Crippen molar-refractivity contribution in [1.82, 2.24) is 20.3 Å². The van der Waals surface area contributed by atoms with Crippen molar-refractivity contribution in [3.05, 3.63) is 41.0 Å². The zero-order valence-electron chi connectivity index (χ0n) is 23.4. The fourth-order valence-corrected chi connectivity index (χ4v) is 6.56. The first kappa shape index (κ1) is 28.7. The molecule has 6 rings (SSSR count). The van der Waals surface area contributed by atoms with Gasteiger partial charge in [0.25, 0.3) is 0 Å². The number of carbonyl (C=O) groups is 1. The molecule has 5 heterocycles. The van der Waals surface area contributed by atoms with E-state index < -0.39 is 0 Å². The number of aromatic nitrogens is 3. The number of nitrogens with zero attached hydrogens (tertiary/aromatic N) is 4. The van der Waals surface area contributed by atoms with Gasteiger partial charge in [-0.25, -0.2) is 15.0 Å². The molecule has 0 radical (unpaired) electrons. The zero-order chi connectivity index (χ0) is 29.4. The van der Waals surface area contributed by atoms with Gasteiger partial charge in [0.2, 0.25) is 5.91 Å². The van der Waals surface area contributed by atoms with Crippen LogP contribution in [0.2, 0.25) is 10.0 Å². The van der Waals surface area contributed by atoms with E-state index in [1.165, 1.54) is 20.3 Å². The molecule has 222 valence electrons. The maximum Gasteiger partial charge on any atom is 0.243 e. The second kappa shape index (κ2) is 11.7. The summed E-state index contributed by atoms with van der Waals surface area (Å²) in [7, 11) is 3.05. The smallest absolute Gasteiger partial charge is 0.243 e. The van der Waals surface area contributed by atoms with Gasteiger partial charge in [-0.1, -0.05) is 29.8 Å². The molecule has 1 spiro atoms. The Labute approximate surface area is 253 Å². The number of ether oxygens (including phenoxy) is 4. The van der Waals surface area contributed by atoms with Crippen molar-refractivity contribution < 1.29 is 23.7 Å². The Morgan fingerprint density at radius 1 is 1.12 bits per heavy atom. The first-order valence-corrected chi connectivity index (χ1v) is 14.5. The molecule has 3 fully saturated rings. The Morgan fingerprint density at radius 2 is 1.88 bits per heavy atom. The minimum Gasteiger partial charge on any atom is -0.495 e. The second-order valence-corrected chi connectivity index (χ2v) is 11.6. The van der Waals surface area contributed by atoms with Crippen LogP contribution >= 0.6 is 23.2 Å². The lowest BCUT2D eigenvalue weighted by atomic mass is 9.87. The van der Waals surface area contributed by atoms with E-state index in [4.69, 9.17) is 52.1 Å². The third-order valence-corrected chi connectivity index (χ3v) is 8.96. The molecule has 0 saturated carbocycles. The van der Waals surface area contributed by atoms with Crippen LogP contribution in [-0.4, -0.2) is 86.7 Å². The molecule has 2 N–H and O–H groups in total. The van der Waals surface area contributed by atoms with Crippen molar-refractivity contribution in [2.45, 2.75) is 24.9 Å². The lowest BCUT2D eigenvalue weighted by Gasteiger charge is -2.25. The number of methoxy groups -OCH3 is 2. The predicted octanol–water partition coefficient (Wildman–Crippen LogP) is 4.11. The Balaban J connectivity index is 1.44. The van der Waals surface area contributed by atoms with Gasteiger partial charge in [0, 0.05) is 36.6 Å². The van der Waals surface area contributed by atoms with Crippen LogP contribution in [0.1, 0.15) is 12.8 Å². The fraction of sp³-hybridized carbons (Fsp3) is 0.448. The number of benzene rings is 1. The number of hydrogen-bond donors (Lipinski definition) is 2. The van der Waals surface area contributed by atoms with Crippen LogP contribution in [0.15, 0.2) is 31.0 Å². The standard InChI is InChI=1S/C29H32Cl2N6O5/c1-4-23(38)34-19-13-42-12-18(19)33-22-9-16-17(11-32-22)35-27(24-25(30)20(39-2)10-21(40-3)26(24)31)36-28(16)37-7-5-29(14-37)6-8-41-15-29/h4,9-11,18-19H,1,5-8,12-15H2,2-3H3,(H,32,33)(H,34,38)/t18-,19+,29?/m1/s1. The summed E-state index contributed by atoms with van der Waals surface area (Å²) >= 11 is 13.5. The SMILES string of the molecule is C=CC(=O)N[C@H]1COC[C@H]1Nc1cc2c(N3CCC4(CCOC4)C3)nc(-c3c(Cl)c(OC)cc(OC)c3Cl)nc2cn1. The molecule has 2 aromatic heterocycles. The highest BCUT2D eigenvalue weighted by molar-refractivity contribution is 6.41. The minimum absolute atomic E-state index is 0.0950. The summed E-state index contributed by atoms with van der Waals surface area (Å²) < 4.78 is 22.4. The molecule has 0 aliphatic carbocycles. The Kier molecular flexibility index (Phi) is 8.01. The van der Waals surface area contributed by atoms with Crippen molar-refractivity contribution in [2.75, 3.05) is 64.0 Å². The van der Waals surface area contributed by atoms with Crippen LogP contribution in [0.5, 0.6) is 11.5 Å². The number of hydrogen-bond acceptors (Lipinski definition) is 10. The second-order valence-electron chi connectivity index (χ2n) is 10.8. The number of halogens is 2. The summed E-state index contributed by atoms with van der Waals surface area (Å²) in [6.45, 7) is 7.48. The number of amides is 1. The average molecular weight is 616 g/mol. The molecule has 3 aliphatic rings. The Bertz CT molecular complexity index is 1500. The number of fused-ring (bicyclic) bond motifs is 1. The first-order valence-electron chi connectivity index (χ1n) is 13.7. The van der Waals surface area contributed by atoms with Crippen LogP contribution in [0, 0.1) is 5.41 Å². The molecule has 3 saturated heterocycles. The van der Waals surface area contributed by atoms with Crippen molar-refractivity contribution in [2.24, 2.45) is 5.41 Å². The van der Waals surface area contributed by atoms with Crippen LogP contribution < -0.4 is 25.0 Å². The lowest BCUT2D eigenvalue weighted by Crippen LogP contribution is -2.45. The summed E-state index contributed by atoms with van der Waals surface area (Å²) in [4.78, 5) is 28.8. The highest BCUT2D eigenvalue weighted by Crippen LogP contribution is 2.47. The van der Waals surface area contributed by atoms with Gasteiger partial charge in [-0.2, -0.15) is 0 Å². The van der Waals surface area contributed by atoms with Crippen LogP contribution in [0.3, 0.4) is 0 Å². The number of carbonyl (C=O) groups excluding carboxylic acids is 1. The number of pyridine rings is 1. The van der Waals surface area contributed by atoms with E-state index in [2.05, 4.69) is 27.1 Å². The highest BCUT2D eigenvalue weighted by Gasteiger charge is 2.42. The summed E-state index contributed by atoms with van der Waals surface area (Å²) in [5.41, 5.74) is 1.14. The van der Waals surface area contributed by atoms with Gasteiger partial charge in [-0.05, 0) is 25.0 Å². The van der Waals surface area contributed by atoms with Gasteiger partial charge in [0.1, 0.15) is 23.1 Å². The molecule has 1 unspecified atom stereocenters. The van der Waals surface area contributed by atoms with Gasteiger partial charge in [-0.3, -0.25) is 4.79 Å². The number of rotatable bonds is 8. The minimum atomic E-state index is -0.252. The summed E-state index contributed by atoms with van der Waals surface area (Å²) in [6.07, 6.45) is 4.96. The van der Waals surface area contributed by atoms with E-state index in [-0.39, 0.29) is 33.5 Å². The number of nitrogens with one attached hydrogen (secondary N) is 2. The largest absolute Gasteiger partial charge is 0.495 e. The average Bonchev–Trinajstić information content (AvgIpc) is 3.75. The number of anilines is 2. The zero-order valence-corrected chi connectivity index (χ0v) is 24.9. The van der Waals surface area contributed by atoms with Gasteiger partial charge in [0.05, 0.1) is 73.4 Å². The molecular formula is C29H32Cl2N6O5. The third kappa shape index (κ3) is 5.30. The lowest BCUT2D eigenvalue weighted by molar-refractivity contribution is -0.117. The van der Waals surface area contributed by atoms with Crippen molar-refractivity contribution in [3.63, 3.8) is 0 Å². The van der Waals surface area contributed by atoms with E-state index in [0.29, 0.717) is 47.4 Å². The van der Waals surface area contributed by atoms with E-state index >= 15 is 0 Å². The normalized spacial score (nSPS) is 23.5. The summed E-state index contributed by atoms with van der Waals surface area (Å²) in [5, 5.41) is 7.73. The van der Waals surface area contributed by atoms with Crippen molar-refractivity contribution >= 4 is 51.6 Å². The molecule has 3 aromatic rings. The van der Waals surface area contributed by atoms with Crippen molar-refractivity contribution in [3.8, 4) is 22.9 Å². The van der Waals surface area contributed by atoms with Crippen molar-refractivity contribution in [1.29, 1.82) is 0 Å². The summed E-state index contributed by atoms with van der Waals surface area (Å²) in [6, 6.07) is 3.18. The maximum absolute atomic E-state index is 11.9. The molecule has 1 amide bonds. The molecule has 1 aromatic carbocycles. The highest BCUT2D eigenvalue weighted by atomic mass is 35.5. The van der Waals surface area contributed by atoms with Crippen LogP contribution in [-0.2, 0) is 14.3 Å². The molecule has 42 heavy (non-hydrogen) atoms. The third-order valence-electron chi connectivity index (χ3n) is 8.21. The van der Waals surface area contributed by atoms with Gasteiger partial charge in [-0.15, -0.1) is 0 Å².